The molecule has 0 fully saturated rings. The highest BCUT2D eigenvalue weighted by atomic mass is 31.2. The molecule has 6 aromatic carbocycles. The number of rotatable bonds is 15. The first-order chi connectivity index (χ1) is 31.0. The van der Waals surface area contributed by atoms with Gasteiger partial charge in [-0.1, -0.05) is 146 Å². The summed E-state index contributed by atoms with van der Waals surface area (Å²) in [5.41, 5.74) is 6.41. The van der Waals surface area contributed by atoms with Crippen molar-refractivity contribution in [2.75, 3.05) is 13.7 Å². The Hall–Kier alpha value is -7.05. The van der Waals surface area contributed by atoms with Crippen molar-refractivity contribution in [3.8, 4) is 16.9 Å². The molecule has 326 valence electrons. The Morgan fingerprint density at radius 1 is 0.734 bits per heavy atom. The number of hydrogen-bond acceptors (Lipinski definition) is 9. The highest BCUT2D eigenvalue weighted by molar-refractivity contribution is 7.47. The Morgan fingerprint density at radius 2 is 1.28 bits per heavy atom. The zero-order chi connectivity index (χ0) is 44.7. The number of fused-ring (bicyclic) bond motifs is 4. The average molecular weight is 880 g/mol. The van der Waals surface area contributed by atoms with E-state index >= 15 is 0 Å². The monoisotopic (exact) mass is 879 g/mol. The van der Waals surface area contributed by atoms with E-state index in [1.54, 1.807) is 12.1 Å². The molecule has 13 nitrogen and oxygen atoms in total. The molecular weight excluding hydrogens is 834 g/mol. The second kappa shape index (κ2) is 19.1. The molecule has 0 radical (unpaired) electrons. The van der Waals surface area contributed by atoms with Crippen LogP contribution in [0.15, 0.2) is 158 Å². The number of hydrogen-bond donors (Lipinski definition) is 4. The van der Waals surface area contributed by atoms with Gasteiger partial charge in [0.2, 0.25) is 11.8 Å². The van der Waals surface area contributed by atoms with Gasteiger partial charge in [0.1, 0.15) is 30.0 Å². The van der Waals surface area contributed by atoms with E-state index in [9.17, 15) is 28.6 Å². The molecule has 0 spiro atoms. The van der Waals surface area contributed by atoms with Crippen LogP contribution in [0.25, 0.3) is 11.1 Å². The van der Waals surface area contributed by atoms with Crippen molar-refractivity contribution >= 4 is 31.7 Å². The second-order valence-electron chi connectivity index (χ2n) is 15.5. The summed E-state index contributed by atoms with van der Waals surface area (Å²) < 4.78 is 32.9. The van der Waals surface area contributed by atoms with Crippen molar-refractivity contribution in [2.45, 2.75) is 49.4 Å². The van der Waals surface area contributed by atoms with Crippen LogP contribution in [-0.4, -0.2) is 54.6 Å². The first kappa shape index (κ1) is 43.6. The Bertz CT molecular complexity index is 2560. The van der Waals surface area contributed by atoms with Gasteiger partial charge in [-0.25, -0.2) is 14.2 Å². The van der Waals surface area contributed by atoms with Crippen LogP contribution < -0.4 is 20.5 Å². The van der Waals surface area contributed by atoms with E-state index in [0.29, 0.717) is 11.1 Å². The quantitative estimate of drug-likeness (QED) is 0.0454. The van der Waals surface area contributed by atoms with Crippen LogP contribution in [0.4, 0.5) is 4.79 Å². The number of carbonyl (C=O) groups excluding carboxylic acids is 4. The van der Waals surface area contributed by atoms with Crippen LogP contribution in [0.2, 0.25) is 0 Å². The van der Waals surface area contributed by atoms with Crippen molar-refractivity contribution < 1.29 is 47.2 Å². The highest BCUT2D eigenvalue weighted by Gasteiger charge is 2.39. The fourth-order valence-corrected chi connectivity index (χ4v) is 9.27. The zero-order valence-corrected chi connectivity index (χ0v) is 35.7. The molecule has 4 N–H and O–H groups in total. The average Bonchev–Trinajstić information content (AvgIpc) is 3.64. The Labute approximate surface area is 370 Å². The molecule has 8 rings (SSSR count). The van der Waals surface area contributed by atoms with E-state index < -0.39 is 49.3 Å². The lowest BCUT2D eigenvalue weighted by atomic mass is 9.77. The van der Waals surface area contributed by atoms with Crippen molar-refractivity contribution in [2.24, 2.45) is 0 Å². The number of amides is 3. The molecule has 0 aromatic heterocycles. The number of benzene rings is 6. The molecule has 1 heterocycles. The molecule has 64 heavy (non-hydrogen) atoms. The third-order valence-electron chi connectivity index (χ3n) is 11.5. The summed E-state index contributed by atoms with van der Waals surface area (Å²) in [7, 11) is -3.06. The summed E-state index contributed by atoms with van der Waals surface area (Å²) >= 11 is 0. The summed E-state index contributed by atoms with van der Waals surface area (Å²) in [5.74, 6) is -2.05. The fraction of sp³-hybridized carbons (Fsp3) is 0.200. The van der Waals surface area contributed by atoms with Crippen molar-refractivity contribution in [3.63, 3.8) is 0 Å². The number of phosphoric ester groups is 1. The molecule has 3 amide bonds. The Kier molecular flexibility index (Phi) is 13.0. The number of nitrogens with one attached hydrogen (secondary N) is 3. The molecule has 2 aliphatic rings. The Balaban J connectivity index is 1.04. The van der Waals surface area contributed by atoms with E-state index in [2.05, 4.69) is 16.0 Å². The van der Waals surface area contributed by atoms with Crippen LogP contribution in [0.3, 0.4) is 0 Å². The lowest BCUT2D eigenvalue weighted by Gasteiger charge is -2.37. The summed E-state index contributed by atoms with van der Waals surface area (Å²) in [6.45, 7) is -0.231. The lowest BCUT2D eigenvalue weighted by Crippen LogP contribution is -2.53. The maximum absolute atomic E-state index is 14.4. The van der Waals surface area contributed by atoms with Crippen LogP contribution in [0, 0.1) is 0 Å². The van der Waals surface area contributed by atoms with Gasteiger partial charge < -0.3 is 29.9 Å². The van der Waals surface area contributed by atoms with Gasteiger partial charge in [0, 0.05) is 24.3 Å². The van der Waals surface area contributed by atoms with Gasteiger partial charge in [-0.15, -0.1) is 0 Å². The standard InChI is InChI=1S/C50H46N3O10P/c1-60-48(56)44(30-33-25-27-45-34(29-33)31-62-64(58,59)63-45)51-47(55)43(52-49(57)61-32-42-40-23-13-11-21-38(40)39-22-12-14-24-41(39)42)26-28-46(54)53-50(35-15-5-2-6-16-35,36-17-7-3-8-18-36)37-19-9-4-10-20-37/h2-25,27,29,42-44H,26,28,30-32H2,1H3,(H,51,55)(H,52,57)(H,53,54)(H,58,59)/t43-,44-/m0/s1. The minimum atomic E-state index is -4.24. The summed E-state index contributed by atoms with van der Waals surface area (Å²) in [5, 5.41) is 8.71. The van der Waals surface area contributed by atoms with Crippen molar-refractivity contribution in [1.82, 2.24) is 16.0 Å². The van der Waals surface area contributed by atoms with Crippen LogP contribution in [0.5, 0.6) is 5.75 Å². The molecule has 6 aromatic rings. The highest BCUT2D eigenvalue weighted by Crippen LogP contribution is 2.50. The maximum Gasteiger partial charge on any atom is 0.527 e. The number of phosphoric acid groups is 1. The summed E-state index contributed by atoms with van der Waals surface area (Å²) in [4.78, 5) is 65.4. The molecule has 1 aliphatic heterocycles. The van der Waals surface area contributed by atoms with Gasteiger partial charge >= 0.3 is 19.9 Å². The minimum absolute atomic E-state index is 0.0231. The molecule has 14 heteroatoms. The number of ether oxygens (including phenoxy) is 2. The zero-order valence-electron chi connectivity index (χ0n) is 34.8. The normalized spacial score (nSPS) is 16.1. The van der Waals surface area contributed by atoms with E-state index in [4.69, 9.17) is 18.5 Å². The molecule has 1 aliphatic carbocycles. The van der Waals surface area contributed by atoms with Gasteiger partial charge in [0.05, 0.1) is 13.7 Å². The number of carbonyl (C=O) groups is 4. The van der Waals surface area contributed by atoms with E-state index in [1.165, 1.54) is 13.2 Å². The number of methoxy groups -OCH3 is 1. The molecule has 0 saturated heterocycles. The third kappa shape index (κ3) is 9.47. The van der Waals surface area contributed by atoms with Gasteiger partial charge in [-0.3, -0.25) is 19.0 Å². The molecule has 0 bridgehead atoms. The maximum atomic E-state index is 14.4. The van der Waals surface area contributed by atoms with E-state index in [0.717, 1.165) is 38.9 Å². The summed E-state index contributed by atoms with van der Waals surface area (Å²) in [6, 6.07) is 46.7. The third-order valence-corrected chi connectivity index (χ3v) is 12.4. The molecule has 0 saturated carbocycles. The fourth-order valence-electron chi connectivity index (χ4n) is 8.49. The summed E-state index contributed by atoms with van der Waals surface area (Å²) in [6.07, 6.45) is -1.36. The largest absolute Gasteiger partial charge is 0.527 e. The van der Waals surface area contributed by atoms with Gasteiger partial charge in [0.25, 0.3) is 0 Å². The lowest BCUT2D eigenvalue weighted by molar-refractivity contribution is -0.145. The van der Waals surface area contributed by atoms with Crippen molar-refractivity contribution in [1.29, 1.82) is 0 Å². The first-order valence-electron chi connectivity index (χ1n) is 20.8. The van der Waals surface area contributed by atoms with E-state index in [1.807, 2.05) is 140 Å². The topological polar surface area (TPSA) is 179 Å². The predicted molar refractivity (Wildman–Crippen MR) is 238 cm³/mol. The van der Waals surface area contributed by atoms with Crippen LogP contribution >= 0.6 is 7.82 Å². The van der Waals surface area contributed by atoms with Crippen LogP contribution in [-0.2, 0) is 51.5 Å². The van der Waals surface area contributed by atoms with Crippen LogP contribution in [0.1, 0.15) is 57.7 Å². The molecule has 3 atom stereocenters. The van der Waals surface area contributed by atoms with Gasteiger partial charge in [-0.05, 0) is 63.1 Å². The number of esters is 1. The number of alkyl carbamates (subject to hydrolysis) is 1. The van der Waals surface area contributed by atoms with Gasteiger partial charge in [0.15, 0.2) is 0 Å². The second-order valence-corrected chi connectivity index (χ2v) is 16.9. The molecule has 1 unspecified atom stereocenters. The predicted octanol–water partition coefficient (Wildman–Crippen LogP) is 7.69. The van der Waals surface area contributed by atoms with Gasteiger partial charge in [-0.2, -0.15) is 0 Å². The Morgan fingerprint density at radius 3 is 1.84 bits per heavy atom. The van der Waals surface area contributed by atoms with Crippen molar-refractivity contribution in [3.05, 3.63) is 197 Å². The first-order valence-corrected chi connectivity index (χ1v) is 22.3. The minimum Gasteiger partial charge on any atom is -0.467 e. The smallest absolute Gasteiger partial charge is 0.467 e. The SMILES string of the molecule is COC(=O)[C@H](Cc1ccc2c(c1)COP(=O)(O)O2)NC(=O)[C@H](CCC(=O)NC(c1ccccc1)(c1ccccc1)c1ccccc1)NC(=O)OCC1c2ccccc2-c2ccccc21. The van der Waals surface area contributed by atoms with E-state index in [-0.39, 0.29) is 44.1 Å². The molecular formula is C50H46N3O10P.